The Morgan fingerprint density at radius 2 is 1.69 bits per heavy atom. The van der Waals surface area contributed by atoms with Gasteiger partial charge in [-0.3, -0.25) is 14.6 Å². The van der Waals surface area contributed by atoms with E-state index in [1.807, 2.05) is 57.2 Å². The van der Waals surface area contributed by atoms with E-state index in [1.165, 1.54) is 0 Å². The van der Waals surface area contributed by atoms with E-state index >= 15 is 0 Å². The molecule has 1 unspecified atom stereocenters. The molecule has 32 heavy (non-hydrogen) atoms. The van der Waals surface area contributed by atoms with Gasteiger partial charge in [-0.25, -0.2) is 0 Å². The Labute approximate surface area is 189 Å². The summed E-state index contributed by atoms with van der Waals surface area (Å²) in [5, 5.41) is 2.95. The summed E-state index contributed by atoms with van der Waals surface area (Å²) in [6.45, 7) is 6.70. The topological polar surface area (TPSA) is 71.5 Å². The van der Waals surface area contributed by atoms with Crippen molar-refractivity contribution in [3.63, 3.8) is 0 Å². The van der Waals surface area contributed by atoms with Crippen molar-refractivity contribution < 1.29 is 14.3 Å². The summed E-state index contributed by atoms with van der Waals surface area (Å²) in [6, 6.07) is 16.9. The number of carbonyl (C=O) groups excluding carboxylic acids is 2. The zero-order valence-corrected chi connectivity index (χ0v) is 19.0. The van der Waals surface area contributed by atoms with Crippen molar-refractivity contribution in [2.75, 3.05) is 25.2 Å². The molecule has 0 spiro atoms. The van der Waals surface area contributed by atoms with Crippen LogP contribution in [0.4, 0.5) is 5.69 Å². The second kappa shape index (κ2) is 10.7. The number of nitrogens with zero attached hydrogens (tertiary/aromatic N) is 2. The fourth-order valence-electron chi connectivity index (χ4n) is 3.50. The first-order chi connectivity index (χ1) is 15.4. The molecule has 3 aromatic rings. The number of anilines is 1. The van der Waals surface area contributed by atoms with Crippen LogP contribution in [-0.2, 0) is 4.74 Å². The molecule has 0 aliphatic heterocycles. The number of aryl methyl sites for hydroxylation is 1. The van der Waals surface area contributed by atoms with E-state index < -0.39 is 0 Å². The molecule has 1 N–H and O–H groups in total. The van der Waals surface area contributed by atoms with Crippen LogP contribution in [0.15, 0.2) is 67.0 Å². The lowest BCUT2D eigenvalue weighted by Crippen LogP contribution is -2.36. The Balaban J connectivity index is 2.05. The molecule has 0 bridgehead atoms. The quantitative estimate of drug-likeness (QED) is 0.571. The monoisotopic (exact) mass is 431 g/mol. The van der Waals surface area contributed by atoms with Crippen molar-refractivity contribution in [1.82, 2.24) is 10.3 Å². The number of hydrogen-bond acceptors (Lipinski definition) is 4. The second-order valence-electron chi connectivity index (χ2n) is 7.75. The number of hydrogen-bond donors (Lipinski definition) is 1. The number of pyridine rings is 1. The highest BCUT2D eigenvalue weighted by molar-refractivity contribution is 6.07. The Morgan fingerprint density at radius 1 is 1.00 bits per heavy atom. The van der Waals surface area contributed by atoms with E-state index in [0.717, 1.165) is 16.7 Å². The average Bonchev–Trinajstić information content (AvgIpc) is 2.80. The van der Waals surface area contributed by atoms with E-state index in [4.69, 9.17) is 4.74 Å². The molecule has 1 atom stereocenters. The summed E-state index contributed by atoms with van der Waals surface area (Å²) in [6.07, 6.45) is 3.19. The molecule has 0 fully saturated rings. The number of rotatable bonds is 8. The van der Waals surface area contributed by atoms with Crippen molar-refractivity contribution in [3.8, 4) is 11.1 Å². The van der Waals surface area contributed by atoms with Crippen molar-refractivity contribution in [2.45, 2.75) is 26.8 Å². The van der Waals surface area contributed by atoms with Gasteiger partial charge in [-0.2, -0.15) is 0 Å². The van der Waals surface area contributed by atoms with E-state index in [2.05, 4.69) is 10.3 Å². The summed E-state index contributed by atoms with van der Waals surface area (Å²) >= 11 is 0. The third kappa shape index (κ3) is 5.59. The molecule has 6 heteroatoms. The molecule has 3 rings (SSSR count). The molecular formula is C26H29N3O3. The van der Waals surface area contributed by atoms with Crippen LogP contribution in [0.1, 0.15) is 40.1 Å². The van der Waals surface area contributed by atoms with Crippen LogP contribution in [0.25, 0.3) is 11.1 Å². The van der Waals surface area contributed by atoms with Gasteiger partial charge < -0.3 is 15.0 Å². The SMILES string of the molecule is CCN(C(=O)c1ccncc1)c1cc(C(=O)NC(C)COC)cc(-c2ccc(C)cc2)c1. The molecule has 0 radical (unpaired) electrons. The van der Waals surface area contributed by atoms with Gasteiger partial charge in [-0.05, 0) is 62.2 Å². The van der Waals surface area contributed by atoms with Gasteiger partial charge in [-0.1, -0.05) is 29.8 Å². The number of methoxy groups -OCH3 is 1. The van der Waals surface area contributed by atoms with Gasteiger partial charge in [0.2, 0.25) is 0 Å². The minimum atomic E-state index is -0.211. The highest BCUT2D eigenvalue weighted by Crippen LogP contribution is 2.28. The zero-order chi connectivity index (χ0) is 23.1. The Kier molecular flexibility index (Phi) is 7.73. The van der Waals surface area contributed by atoms with Crippen LogP contribution in [-0.4, -0.2) is 43.1 Å². The standard InChI is InChI=1S/C26H29N3O3/c1-5-29(26(31)21-10-12-27-13-11-21)24-15-22(20-8-6-18(2)7-9-20)14-23(16-24)25(30)28-19(3)17-32-4/h6-16,19H,5,17H2,1-4H3,(H,28,30). The second-order valence-corrected chi connectivity index (χ2v) is 7.75. The first kappa shape index (κ1) is 23.2. The smallest absolute Gasteiger partial charge is 0.258 e. The minimum absolute atomic E-state index is 0.139. The fourth-order valence-corrected chi connectivity index (χ4v) is 3.50. The third-order valence-electron chi connectivity index (χ3n) is 5.16. The van der Waals surface area contributed by atoms with E-state index in [9.17, 15) is 9.59 Å². The Hall–Kier alpha value is -3.51. The number of benzene rings is 2. The Morgan fingerprint density at radius 3 is 2.31 bits per heavy atom. The van der Waals surface area contributed by atoms with Gasteiger partial charge in [0.15, 0.2) is 0 Å². The van der Waals surface area contributed by atoms with Crippen molar-refractivity contribution in [1.29, 1.82) is 0 Å². The maximum Gasteiger partial charge on any atom is 0.258 e. The average molecular weight is 432 g/mol. The normalized spacial score (nSPS) is 11.6. The van der Waals surface area contributed by atoms with Crippen LogP contribution >= 0.6 is 0 Å². The maximum atomic E-state index is 13.2. The van der Waals surface area contributed by atoms with Crippen molar-refractivity contribution in [3.05, 3.63) is 83.7 Å². The van der Waals surface area contributed by atoms with E-state index in [1.54, 1.807) is 42.6 Å². The zero-order valence-electron chi connectivity index (χ0n) is 19.0. The molecule has 1 aromatic heterocycles. The number of carbonyl (C=O) groups is 2. The van der Waals surface area contributed by atoms with Crippen LogP contribution < -0.4 is 10.2 Å². The first-order valence-corrected chi connectivity index (χ1v) is 10.7. The number of amides is 2. The minimum Gasteiger partial charge on any atom is -0.383 e. The molecule has 0 aliphatic rings. The van der Waals surface area contributed by atoms with Gasteiger partial charge in [0.1, 0.15) is 0 Å². The fraction of sp³-hybridized carbons (Fsp3) is 0.269. The van der Waals surface area contributed by atoms with Crippen LogP contribution in [0.5, 0.6) is 0 Å². The molecular weight excluding hydrogens is 402 g/mol. The lowest BCUT2D eigenvalue weighted by molar-refractivity contribution is 0.0904. The van der Waals surface area contributed by atoms with E-state index in [0.29, 0.717) is 30.0 Å². The van der Waals surface area contributed by atoms with Crippen molar-refractivity contribution >= 4 is 17.5 Å². The highest BCUT2D eigenvalue weighted by Gasteiger charge is 2.20. The van der Waals surface area contributed by atoms with E-state index in [-0.39, 0.29) is 17.9 Å². The summed E-state index contributed by atoms with van der Waals surface area (Å²) in [7, 11) is 1.60. The molecule has 6 nitrogen and oxygen atoms in total. The molecule has 2 aromatic carbocycles. The van der Waals surface area contributed by atoms with Gasteiger partial charge in [0.25, 0.3) is 11.8 Å². The van der Waals surface area contributed by atoms with Gasteiger partial charge in [0.05, 0.1) is 6.61 Å². The van der Waals surface area contributed by atoms with Crippen LogP contribution in [0.3, 0.4) is 0 Å². The molecule has 0 saturated carbocycles. The summed E-state index contributed by atoms with van der Waals surface area (Å²) in [5.74, 6) is -0.354. The third-order valence-corrected chi connectivity index (χ3v) is 5.16. The first-order valence-electron chi connectivity index (χ1n) is 10.7. The van der Waals surface area contributed by atoms with Gasteiger partial charge >= 0.3 is 0 Å². The number of ether oxygens (including phenoxy) is 1. The van der Waals surface area contributed by atoms with Crippen molar-refractivity contribution in [2.24, 2.45) is 0 Å². The summed E-state index contributed by atoms with van der Waals surface area (Å²) in [5.41, 5.74) is 4.69. The lowest BCUT2D eigenvalue weighted by atomic mass is 9.99. The predicted molar refractivity (Wildman–Crippen MR) is 127 cm³/mol. The maximum absolute atomic E-state index is 13.2. The van der Waals surface area contributed by atoms with Gasteiger partial charge in [0, 0.05) is 48.9 Å². The molecule has 166 valence electrons. The predicted octanol–water partition coefficient (Wildman–Crippen LogP) is 4.49. The summed E-state index contributed by atoms with van der Waals surface area (Å²) < 4.78 is 5.13. The van der Waals surface area contributed by atoms with Crippen LogP contribution in [0.2, 0.25) is 0 Å². The molecule has 0 aliphatic carbocycles. The van der Waals surface area contributed by atoms with Gasteiger partial charge in [-0.15, -0.1) is 0 Å². The summed E-state index contributed by atoms with van der Waals surface area (Å²) in [4.78, 5) is 31.8. The van der Waals surface area contributed by atoms with Crippen LogP contribution in [0, 0.1) is 6.92 Å². The largest absolute Gasteiger partial charge is 0.383 e. The Bertz CT molecular complexity index is 1070. The molecule has 1 heterocycles. The molecule has 2 amide bonds. The molecule has 0 saturated heterocycles. The lowest BCUT2D eigenvalue weighted by Gasteiger charge is -2.23. The number of nitrogens with one attached hydrogen (secondary N) is 1. The highest BCUT2D eigenvalue weighted by atomic mass is 16.5. The number of aromatic nitrogens is 1.